The van der Waals surface area contributed by atoms with E-state index >= 15 is 0 Å². The Kier molecular flexibility index (Phi) is 3.47. The van der Waals surface area contributed by atoms with Crippen molar-refractivity contribution < 1.29 is 28.3 Å². The molecule has 0 radical (unpaired) electrons. The lowest BCUT2D eigenvalue weighted by molar-refractivity contribution is -0.771. The smallest absolute Gasteiger partial charge is 0.294 e. The molecule has 0 spiro atoms. The van der Waals surface area contributed by atoms with Crippen LogP contribution in [-0.2, 0) is 19.5 Å². The van der Waals surface area contributed by atoms with Gasteiger partial charge in [-0.05, 0) is 25.7 Å². The minimum atomic E-state index is -3.71. The minimum Gasteiger partial charge on any atom is -0.309 e. The summed E-state index contributed by atoms with van der Waals surface area (Å²) in [5.41, 5.74) is 0. The summed E-state index contributed by atoms with van der Waals surface area (Å²) in [6.45, 7) is 0. The summed E-state index contributed by atoms with van der Waals surface area (Å²) < 4.78 is 24.3. The quantitative estimate of drug-likeness (QED) is 0.516. The van der Waals surface area contributed by atoms with E-state index in [2.05, 4.69) is 9.68 Å². The highest BCUT2D eigenvalue weighted by Gasteiger charge is 2.52. The van der Waals surface area contributed by atoms with Crippen LogP contribution in [0.25, 0.3) is 0 Å². The van der Waals surface area contributed by atoms with Gasteiger partial charge in [-0.2, -0.15) is 0 Å². The maximum absolute atomic E-state index is 12.2. The topological polar surface area (TPSA) is 139 Å². The second kappa shape index (κ2) is 4.79. The van der Waals surface area contributed by atoms with Crippen LogP contribution in [0.2, 0.25) is 0 Å². The highest BCUT2D eigenvalue weighted by Crippen LogP contribution is 2.39. The standard InChI is InChI=1S/C8H12N2O8S/c11-9(12)17-5-1-3-7-6(18-10(13)14)2-4-8(5)19(7,15)16/h5-8H,1-4H2. The summed E-state index contributed by atoms with van der Waals surface area (Å²) in [5.74, 6) is 0. The molecule has 11 heteroatoms. The fraction of sp³-hybridized carbons (Fsp3) is 1.00. The Morgan fingerprint density at radius 1 is 0.842 bits per heavy atom. The van der Waals surface area contributed by atoms with Crippen LogP contribution < -0.4 is 0 Å². The lowest BCUT2D eigenvalue weighted by Crippen LogP contribution is -2.55. The van der Waals surface area contributed by atoms with Gasteiger partial charge >= 0.3 is 0 Å². The van der Waals surface area contributed by atoms with Gasteiger partial charge in [0.1, 0.15) is 12.2 Å². The second-order valence-corrected chi connectivity index (χ2v) is 6.94. The summed E-state index contributed by atoms with van der Waals surface area (Å²) >= 11 is 0. The molecule has 19 heavy (non-hydrogen) atoms. The van der Waals surface area contributed by atoms with Crippen molar-refractivity contribution >= 4 is 9.84 Å². The molecular weight excluding hydrogens is 284 g/mol. The van der Waals surface area contributed by atoms with Gasteiger partial charge in [-0.15, -0.1) is 20.2 Å². The Labute approximate surface area is 107 Å². The average molecular weight is 296 g/mol. The molecule has 0 aromatic carbocycles. The molecule has 0 aromatic heterocycles. The molecule has 2 bridgehead atoms. The maximum atomic E-state index is 12.2. The molecule has 0 N–H and O–H groups in total. The molecule has 2 rings (SSSR count). The fourth-order valence-electron chi connectivity index (χ4n) is 2.84. The highest BCUT2D eigenvalue weighted by atomic mass is 32.2. The van der Waals surface area contributed by atoms with Crippen LogP contribution in [0.1, 0.15) is 25.7 Å². The monoisotopic (exact) mass is 296 g/mol. The Morgan fingerprint density at radius 2 is 1.21 bits per heavy atom. The fourth-order valence-corrected chi connectivity index (χ4v) is 5.44. The third-order valence-corrected chi connectivity index (χ3v) is 6.35. The zero-order valence-electron chi connectivity index (χ0n) is 9.71. The van der Waals surface area contributed by atoms with E-state index in [1.54, 1.807) is 0 Å². The highest BCUT2D eigenvalue weighted by molar-refractivity contribution is 7.92. The van der Waals surface area contributed by atoms with Crippen molar-refractivity contribution in [3.8, 4) is 0 Å². The van der Waals surface area contributed by atoms with E-state index < -0.39 is 42.7 Å². The first-order chi connectivity index (χ1) is 8.82. The summed E-state index contributed by atoms with van der Waals surface area (Å²) in [6, 6.07) is 0. The molecule has 10 nitrogen and oxygen atoms in total. The van der Waals surface area contributed by atoms with Crippen molar-refractivity contribution in [2.75, 3.05) is 0 Å². The molecule has 2 heterocycles. The Morgan fingerprint density at radius 3 is 1.53 bits per heavy atom. The van der Waals surface area contributed by atoms with Gasteiger partial charge in [0.25, 0.3) is 10.2 Å². The zero-order chi connectivity index (χ0) is 14.2. The average Bonchev–Trinajstić information content (AvgIpc) is 2.22. The molecule has 0 amide bonds. The first kappa shape index (κ1) is 13.8. The number of hydrogen-bond donors (Lipinski definition) is 0. The van der Waals surface area contributed by atoms with E-state index in [0.717, 1.165) is 0 Å². The van der Waals surface area contributed by atoms with Gasteiger partial charge in [-0.1, -0.05) is 0 Å². The van der Waals surface area contributed by atoms with Gasteiger partial charge in [0, 0.05) is 0 Å². The van der Waals surface area contributed by atoms with Gasteiger partial charge < -0.3 is 9.68 Å². The largest absolute Gasteiger partial charge is 0.309 e. The van der Waals surface area contributed by atoms with Crippen LogP contribution >= 0.6 is 0 Å². The van der Waals surface area contributed by atoms with Gasteiger partial charge in [0.05, 0.1) is 10.5 Å². The molecule has 108 valence electrons. The Balaban J connectivity index is 2.18. The van der Waals surface area contributed by atoms with Crippen LogP contribution in [0.3, 0.4) is 0 Å². The van der Waals surface area contributed by atoms with Crippen molar-refractivity contribution in [2.45, 2.75) is 48.4 Å². The van der Waals surface area contributed by atoms with Crippen molar-refractivity contribution in [2.24, 2.45) is 0 Å². The molecule has 0 saturated carbocycles. The van der Waals surface area contributed by atoms with E-state index in [-0.39, 0.29) is 25.7 Å². The lowest BCUT2D eigenvalue weighted by Gasteiger charge is -2.41. The summed E-state index contributed by atoms with van der Waals surface area (Å²) in [5, 5.41) is 16.7. The predicted molar refractivity (Wildman–Crippen MR) is 58.7 cm³/mol. The van der Waals surface area contributed by atoms with Crippen LogP contribution in [0, 0.1) is 20.2 Å². The van der Waals surface area contributed by atoms with Crippen LogP contribution in [0.15, 0.2) is 0 Å². The summed E-state index contributed by atoms with van der Waals surface area (Å²) in [6.07, 6.45) is -1.51. The van der Waals surface area contributed by atoms with Gasteiger partial charge in [0.2, 0.25) is 0 Å². The number of sulfone groups is 1. The normalized spacial score (nSPS) is 36.2. The van der Waals surface area contributed by atoms with E-state index in [1.807, 2.05) is 0 Å². The third-order valence-electron chi connectivity index (χ3n) is 3.59. The first-order valence-electron chi connectivity index (χ1n) is 5.67. The number of fused-ring (bicyclic) bond motifs is 2. The van der Waals surface area contributed by atoms with Crippen molar-refractivity contribution in [1.82, 2.24) is 0 Å². The minimum absolute atomic E-state index is 0.0653. The second-order valence-electron chi connectivity index (χ2n) is 4.56. The first-order valence-corrected chi connectivity index (χ1v) is 7.28. The summed E-state index contributed by atoms with van der Waals surface area (Å²) in [7, 11) is -3.71. The molecule has 2 saturated heterocycles. The van der Waals surface area contributed by atoms with Gasteiger partial charge in [0.15, 0.2) is 9.84 Å². The molecule has 2 fully saturated rings. The van der Waals surface area contributed by atoms with Crippen LogP contribution in [0.4, 0.5) is 0 Å². The molecule has 4 unspecified atom stereocenters. The molecular formula is C8H12N2O8S. The Hall–Kier alpha value is -1.65. The number of rotatable bonds is 4. The molecule has 4 atom stereocenters. The lowest BCUT2D eigenvalue weighted by atomic mass is 9.94. The van der Waals surface area contributed by atoms with Crippen molar-refractivity contribution in [3.05, 3.63) is 20.2 Å². The van der Waals surface area contributed by atoms with Gasteiger partial charge in [-0.25, -0.2) is 8.42 Å². The van der Waals surface area contributed by atoms with Crippen molar-refractivity contribution in [1.29, 1.82) is 0 Å². The molecule has 2 aliphatic rings. The van der Waals surface area contributed by atoms with E-state index in [1.165, 1.54) is 0 Å². The van der Waals surface area contributed by atoms with Crippen molar-refractivity contribution in [3.63, 3.8) is 0 Å². The van der Waals surface area contributed by atoms with E-state index in [9.17, 15) is 28.6 Å². The van der Waals surface area contributed by atoms with E-state index in [0.29, 0.717) is 0 Å². The zero-order valence-corrected chi connectivity index (χ0v) is 10.5. The number of nitrogens with zero attached hydrogens (tertiary/aromatic N) is 2. The molecule has 2 aliphatic heterocycles. The van der Waals surface area contributed by atoms with Crippen LogP contribution in [-0.4, -0.2) is 41.3 Å². The number of hydrogen-bond acceptors (Lipinski definition) is 8. The Bertz CT molecular complexity index is 453. The molecule has 0 aliphatic carbocycles. The van der Waals surface area contributed by atoms with E-state index in [4.69, 9.17) is 0 Å². The van der Waals surface area contributed by atoms with Crippen LogP contribution in [0.5, 0.6) is 0 Å². The predicted octanol–water partition coefficient (Wildman–Crippen LogP) is -0.120. The van der Waals surface area contributed by atoms with Gasteiger partial charge in [-0.3, -0.25) is 0 Å². The third kappa shape index (κ3) is 2.55. The summed E-state index contributed by atoms with van der Waals surface area (Å²) in [4.78, 5) is 29.4. The molecule has 0 aromatic rings. The SMILES string of the molecule is O=[N+]([O-])OC1CCC2C(O[N+](=O)[O-])CCC1S2(=O)=O. The maximum Gasteiger partial charge on any atom is 0.294 e.